The zero-order valence-electron chi connectivity index (χ0n) is 10.0. The Morgan fingerprint density at radius 1 is 1.35 bits per heavy atom. The molecule has 0 atom stereocenters. The van der Waals surface area contributed by atoms with Crippen molar-refractivity contribution in [3.8, 4) is 6.07 Å². The summed E-state index contributed by atoms with van der Waals surface area (Å²) in [7, 11) is 0. The number of benzene rings is 1. The molecule has 2 nitrogen and oxygen atoms in total. The molecule has 0 N–H and O–H groups in total. The summed E-state index contributed by atoms with van der Waals surface area (Å²) >= 11 is 1.78. The van der Waals surface area contributed by atoms with Gasteiger partial charge in [-0.05, 0) is 35.4 Å². The smallest absolute Gasteiger partial charge is 0.0868 e. The molecule has 0 aliphatic carbocycles. The third-order valence-corrected chi connectivity index (χ3v) is 3.80. The summed E-state index contributed by atoms with van der Waals surface area (Å²) < 4.78 is 1.33. The lowest BCUT2D eigenvalue weighted by atomic mass is 10.1. The molecule has 0 bridgehead atoms. The number of rotatable bonds is 5. The van der Waals surface area contributed by atoms with E-state index in [2.05, 4.69) is 47.5 Å². The second-order valence-corrected chi connectivity index (χ2v) is 5.04. The van der Waals surface area contributed by atoms with Crippen LogP contribution in [0.25, 0.3) is 10.1 Å². The van der Waals surface area contributed by atoms with E-state index in [4.69, 9.17) is 5.26 Å². The molecule has 2 rings (SSSR count). The highest BCUT2D eigenvalue weighted by Gasteiger charge is 2.08. The van der Waals surface area contributed by atoms with E-state index in [0.717, 1.165) is 19.5 Å². The third kappa shape index (κ3) is 2.85. The Hall–Kier alpha value is -1.37. The summed E-state index contributed by atoms with van der Waals surface area (Å²) in [6, 6.07) is 10.7. The van der Waals surface area contributed by atoms with Crippen molar-refractivity contribution in [3.05, 3.63) is 35.2 Å². The first-order chi connectivity index (χ1) is 8.35. The number of nitriles is 1. The summed E-state index contributed by atoms with van der Waals surface area (Å²) in [6.07, 6.45) is 1.09. The fourth-order valence-corrected chi connectivity index (χ4v) is 2.98. The monoisotopic (exact) mass is 244 g/mol. The second kappa shape index (κ2) is 5.81. The van der Waals surface area contributed by atoms with E-state index in [1.54, 1.807) is 11.3 Å². The van der Waals surface area contributed by atoms with E-state index in [0.29, 0.717) is 6.54 Å². The minimum atomic E-state index is 0.512. The first kappa shape index (κ1) is 12.1. The van der Waals surface area contributed by atoms with Crippen molar-refractivity contribution >= 4 is 21.4 Å². The zero-order valence-corrected chi connectivity index (χ0v) is 10.8. The van der Waals surface area contributed by atoms with Gasteiger partial charge in [-0.25, -0.2) is 0 Å². The average molecular weight is 244 g/mol. The van der Waals surface area contributed by atoms with Crippen LogP contribution in [-0.2, 0) is 6.54 Å². The first-order valence-electron chi connectivity index (χ1n) is 5.89. The fraction of sp³-hybridized carbons (Fsp3) is 0.357. The topological polar surface area (TPSA) is 27.0 Å². The van der Waals surface area contributed by atoms with Crippen molar-refractivity contribution in [1.29, 1.82) is 5.26 Å². The van der Waals surface area contributed by atoms with E-state index in [-0.39, 0.29) is 0 Å². The SMILES string of the molecule is CCCN(CC#N)Cc1csc2ccccc12. The second-order valence-electron chi connectivity index (χ2n) is 4.13. The van der Waals surface area contributed by atoms with E-state index in [9.17, 15) is 0 Å². The lowest BCUT2D eigenvalue weighted by Crippen LogP contribution is -2.24. The van der Waals surface area contributed by atoms with Crippen LogP contribution in [0.1, 0.15) is 18.9 Å². The van der Waals surface area contributed by atoms with Crippen molar-refractivity contribution in [1.82, 2.24) is 4.90 Å². The number of fused-ring (bicyclic) bond motifs is 1. The van der Waals surface area contributed by atoms with Crippen LogP contribution in [0.5, 0.6) is 0 Å². The van der Waals surface area contributed by atoms with Crippen molar-refractivity contribution in [2.75, 3.05) is 13.1 Å². The molecule has 0 radical (unpaired) electrons. The van der Waals surface area contributed by atoms with Gasteiger partial charge in [-0.15, -0.1) is 11.3 Å². The summed E-state index contributed by atoms with van der Waals surface area (Å²) in [5.41, 5.74) is 1.34. The number of nitrogens with zero attached hydrogens (tertiary/aromatic N) is 2. The molecule has 0 unspecified atom stereocenters. The minimum Gasteiger partial charge on any atom is -0.286 e. The van der Waals surface area contributed by atoms with Crippen LogP contribution in [0.4, 0.5) is 0 Å². The summed E-state index contributed by atoms with van der Waals surface area (Å²) in [6.45, 7) is 4.53. The minimum absolute atomic E-state index is 0.512. The normalized spacial score (nSPS) is 10.9. The highest BCUT2D eigenvalue weighted by Crippen LogP contribution is 2.26. The zero-order chi connectivity index (χ0) is 12.1. The van der Waals surface area contributed by atoms with Crippen LogP contribution in [0, 0.1) is 11.3 Å². The largest absolute Gasteiger partial charge is 0.286 e. The Morgan fingerprint density at radius 2 is 2.18 bits per heavy atom. The molecule has 1 aromatic heterocycles. The predicted molar refractivity (Wildman–Crippen MR) is 73.0 cm³/mol. The molecular formula is C14H16N2S. The summed E-state index contributed by atoms with van der Waals surface area (Å²) in [5.74, 6) is 0. The molecule has 0 spiro atoms. The Balaban J connectivity index is 2.19. The van der Waals surface area contributed by atoms with Crippen LogP contribution in [-0.4, -0.2) is 18.0 Å². The molecule has 1 aromatic carbocycles. The summed E-state index contributed by atoms with van der Waals surface area (Å²) in [5, 5.41) is 12.4. The van der Waals surface area contributed by atoms with Gasteiger partial charge in [-0.3, -0.25) is 4.90 Å². The van der Waals surface area contributed by atoms with Gasteiger partial charge in [0.15, 0.2) is 0 Å². The van der Waals surface area contributed by atoms with Gasteiger partial charge >= 0.3 is 0 Å². The summed E-state index contributed by atoms with van der Waals surface area (Å²) in [4.78, 5) is 2.20. The van der Waals surface area contributed by atoms with Crippen LogP contribution in [0.2, 0.25) is 0 Å². The predicted octanol–water partition coefficient (Wildman–Crippen LogP) is 3.64. The average Bonchev–Trinajstić information content (AvgIpc) is 2.74. The van der Waals surface area contributed by atoms with E-state index in [1.807, 2.05) is 0 Å². The Kier molecular flexibility index (Phi) is 4.13. The van der Waals surface area contributed by atoms with Gasteiger partial charge in [-0.1, -0.05) is 25.1 Å². The molecule has 0 aliphatic rings. The fourth-order valence-electron chi connectivity index (χ4n) is 2.03. The third-order valence-electron chi connectivity index (χ3n) is 2.79. The van der Waals surface area contributed by atoms with Gasteiger partial charge in [-0.2, -0.15) is 5.26 Å². The van der Waals surface area contributed by atoms with Crippen LogP contribution in [0.15, 0.2) is 29.6 Å². The van der Waals surface area contributed by atoms with Crippen LogP contribution >= 0.6 is 11.3 Å². The molecule has 3 heteroatoms. The van der Waals surface area contributed by atoms with Gasteiger partial charge in [0.2, 0.25) is 0 Å². The maximum absolute atomic E-state index is 8.82. The van der Waals surface area contributed by atoms with Gasteiger partial charge < -0.3 is 0 Å². The van der Waals surface area contributed by atoms with E-state index in [1.165, 1.54) is 15.6 Å². The van der Waals surface area contributed by atoms with Crippen molar-refractivity contribution in [2.24, 2.45) is 0 Å². The van der Waals surface area contributed by atoms with Gasteiger partial charge in [0.25, 0.3) is 0 Å². The standard InChI is InChI=1S/C14H16N2S/c1-2-8-16(9-7-15)10-12-11-17-14-6-4-3-5-13(12)14/h3-6,11H,2,8-10H2,1H3. The van der Waals surface area contributed by atoms with E-state index >= 15 is 0 Å². The van der Waals surface area contributed by atoms with E-state index < -0.39 is 0 Å². The van der Waals surface area contributed by atoms with Crippen molar-refractivity contribution in [3.63, 3.8) is 0 Å². The Bertz CT molecular complexity index is 524. The molecule has 1 heterocycles. The molecule has 17 heavy (non-hydrogen) atoms. The number of thiophene rings is 1. The van der Waals surface area contributed by atoms with Crippen molar-refractivity contribution in [2.45, 2.75) is 19.9 Å². The molecule has 0 fully saturated rings. The lowest BCUT2D eigenvalue weighted by Gasteiger charge is -2.17. The lowest BCUT2D eigenvalue weighted by molar-refractivity contribution is 0.300. The van der Waals surface area contributed by atoms with Gasteiger partial charge in [0.05, 0.1) is 12.6 Å². The van der Waals surface area contributed by atoms with Crippen LogP contribution in [0.3, 0.4) is 0 Å². The van der Waals surface area contributed by atoms with Crippen LogP contribution < -0.4 is 0 Å². The number of hydrogen-bond donors (Lipinski definition) is 0. The van der Waals surface area contributed by atoms with Crippen molar-refractivity contribution < 1.29 is 0 Å². The maximum Gasteiger partial charge on any atom is 0.0868 e. The van der Waals surface area contributed by atoms with Gasteiger partial charge in [0, 0.05) is 11.2 Å². The molecule has 0 saturated carbocycles. The Morgan fingerprint density at radius 3 is 2.94 bits per heavy atom. The highest BCUT2D eigenvalue weighted by atomic mass is 32.1. The molecule has 2 aromatic rings. The molecular weight excluding hydrogens is 228 g/mol. The number of hydrogen-bond acceptors (Lipinski definition) is 3. The molecule has 0 amide bonds. The highest BCUT2D eigenvalue weighted by molar-refractivity contribution is 7.17. The molecule has 0 aliphatic heterocycles. The molecule has 88 valence electrons. The molecule has 0 saturated heterocycles. The quantitative estimate of drug-likeness (QED) is 0.751. The first-order valence-corrected chi connectivity index (χ1v) is 6.77. The Labute approximate surface area is 106 Å². The maximum atomic E-state index is 8.82. The van der Waals surface area contributed by atoms with Gasteiger partial charge in [0.1, 0.15) is 0 Å².